The third-order valence-electron chi connectivity index (χ3n) is 5.54. The van der Waals surface area contributed by atoms with Crippen LogP contribution in [0, 0.1) is 5.41 Å². The Morgan fingerprint density at radius 1 is 1.17 bits per heavy atom. The minimum Gasteiger partial charge on any atom is -0.381 e. The van der Waals surface area contributed by atoms with Gasteiger partial charge in [0.25, 0.3) is 0 Å². The molecule has 1 atom stereocenters. The third kappa shape index (κ3) is 4.29. The van der Waals surface area contributed by atoms with E-state index in [0.29, 0.717) is 5.41 Å². The first-order valence-electron chi connectivity index (χ1n) is 8.37. The van der Waals surface area contributed by atoms with Crippen LogP contribution in [-0.4, -0.2) is 76.7 Å². The molecule has 134 valence electrons. The van der Waals surface area contributed by atoms with Crippen molar-refractivity contribution in [2.45, 2.75) is 31.3 Å². The van der Waals surface area contributed by atoms with Gasteiger partial charge in [0, 0.05) is 71.9 Å². The Bertz CT molecular complexity index is 407. The van der Waals surface area contributed by atoms with Gasteiger partial charge in [-0.3, -0.25) is 4.99 Å². The van der Waals surface area contributed by atoms with Gasteiger partial charge in [0.1, 0.15) is 0 Å². The molecule has 0 bridgehead atoms. The lowest BCUT2D eigenvalue weighted by atomic mass is 9.87. The zero-order valence-electron chi connectivity index (χ0n) is 14.3. The standard InChI is InChI=1S/C16H29N3O3.HI/c1-17-14(18-11-16(20-2)5-9-21-10-6-16)19-7-3-15(12-19)4-8-22-13-15;/h3-13H2,1-2H3,(H,17,18);1H. The Kier molecular flexibility index (Phi) is 6.94. The predicted molar refractivity (Wildman–Crippen MR) is 101 cm³/mol. The first-order valence-corrected chi connectivity index (χ1v) is 8.37. The van der Waals surface area contributed by atoms with E-state index in [2.05, 4.69) is 15.2 Å². The number of nitrogens with one attached hydrogen (secondary N) is 1. The van der Waals surface area contributed by atoms with Gasteiger partial charge in [-0.25, -0.2) is 0 Å². The van der Waals surface area contributed by atoms with Gasteiger partial charge in [-0.15, -0.1) is 24.0 Å². The first kappa shape index (κ1) is 19.2. The molecular weight excluding hydrogens is 409 g/mol. The van der Waals surface area contributed by atoms with Crippen LogP contribution in [-0.2, 0) is 14.2 Å². The fourth-order valence-corrected chi connectivity index (χ4v) is 3.86. The Balaban J connectivity index is 0.00000192. The van der Waals surface area contributed by atoms with Crippen LogP contribution in [0.3, 0.4) is 0 Å². The fraction of sp³-hybridized carbons (Fsp3) is 0.938. The van der Waals surface area contributed by atoms with E-state index in [-0.39, 0.29) is 29.6 Å². The number of nitrogens with zero attached hydrogens (tertiary/aromatic N) is 2. The van der Waals surface area contributed by atoms with Crippen LogP contribution in [0.2, 0.25) is 0 Å². The Hall–Kier alpha value is -0.120. The number of hydrogen-bond acceptors (Lipinski definition) is 4. The molecule has 0 amide bonds. The molecule has 0 saturated carbocycles. The van der Waals surface area contributed by atoms with Crippen LogP contribution in [0.5, 0.6) is 0 Å². The monoisotopic (exact) mass is 439 g/mol. The molecule has 1 unspecified atom stereocenters. The number of likely N-dealkylation sites (tertiary alicyclic amines) is 1. The van der Waals surface area contributed by atoms with Crippen LogP contribution in [0.25, 0.3) is 0 Å². The molecule has 0 aromatic rings. The second-order valence-electron chi connectivity index (χ2n) is 6.87. The molecule has 3 heterocycles. The highest BCUT2D eigenvalue weighted by atomic mass is 127. The van der Waals surface area contributed by atoms with Crippen LogP contribution < -0.4 is 5.32 Å². The summed E-state index contributed by atoms with van der Waals surface area (Å²) in [5.41, 5.74) is 0.233. The van der Waals surface area contributed by atoms with Crippen LogP contribution in [0.4, 0.5) is 0 Å². The van der Waals surface area contributed by atoms with Crippen molar-refractivity contribution in [1.29, 1.82) is 0 Å². The zero-order valence-corrected chi connectivity index (χ0v) is 16.6. The predicted octanol–water partition coefficient (Wildman–Crippen LogP) is 1.49. The summed E-state index contributed by atoms with van der Waals surface area (Å²) in [5.74, 6) is 0.992. The molecule has 23 heavy (non-hydrogen) atoms. The van der Waals surface area contributed by atoms with Gasteiger partial charge in [-0.1, -0.05) is 0 Å². The minimum atomic E-state index is -0.123. The van der Waals surface area contributed by atoms with Gasteiger partial charge in [0.2, 0.25) is 0 Å². The smallest absolute Gasteiger partial charge is 0.193 e. The maximum atomic E-state index is 5.79. The van der Waals surface area contributed by atoms with Crippen molar-refractivity contribution >= 4 is 29.9 Å². The highest BCUT2D eigenvalue weighted by Gasteiger charge is 2.42. The van der Waals surface area contributed by atoms with Crippen molar-refractivity contribution in [2.75, 3.05) is 60.2 Å². The summed E-state index contributed by atoms with van der Waals surface area (Å²) < 4.78 is 16.9. The highest BCUT2D eigenvalue weighted by Crippen LogP contribution is 2.38. The van der Waals surface area contributed by atoms with Crippen molar-refractivity contribution in [3.8, 4) is 0 Å². The summed E-state index contributed by atoms with van der Waals surface area (Å²) in [6.07, 6.45) is 4.26. The number of aliphatic imine (C=N–C) groups is 1. The van der Waals surface area contributed by atoms with E-state index in [0.717, 1.165) is 64.9 Å². The van der Waals surface area contributed by atoms with Crippen molar-refractivity contribution in [3.05, 3.63) is 0 Å². The first-order chi connectivity index (χ1) is 10.7. The van der Waals surface area contributed by atoms with Gasteiger partial charge in [0.05, 0.1) is 12.2 Å². The lowest BCUT2D eigenvalue weighted by molar-refractivity contribution is -0.0857. The van der Waals surface area contributed by atoms with Crippen LogP contribution in [0.1, 0.15) is 25.7 Å². The highest BCUT2D eigenvalue weighted by molar-refractivity contribution is 14.0. The van der Waals surface area contributed by atoms with Crippen molar-refractivity contribution in [3.63, 3.8) is 0 Å². The van der Waals surface area contributed by atoms with Gasteiger partial charge in [0.15, 0.2) is 5.96 Å². The zero-order chi connectivity index (χ0) is 15.5. The van der Waals surface area contributed by atoms with Gasteiger partial charge in [-0.05, 0) is 12.8 Å². The van der Waals surface area contributed by atoms with E-state index < -0.39 is 0 Å². The van der Waals surface area contributed by atoms with E-state index >= 15 is 0 Å². The summed E-state index contributed by atoms with van der Waals surface area (Å²) >= 11 is 0. The Labute approximate surface area is 156 Å². The molecule has 6 nitrogen and oxygen atoms in total. The second kappa shape index (κ2) is 8.31. The quantitative estimate of drug-likeness (QED) is 0.411. The molecule has 0 aromatic heterocycles. The second-order valence-corrected chi connectivity index (χ2v) is 6.87. The molecule has 3 fully saturated rings. The average Bonchev–Trinajstić information content (AvgIpc) is 3.20. The largest absolute Gasteiger partial charge is 0.381 e. The average molecular weight is 439 g/mol. The number of methoxy groups -OCH3 is 1. The van der Waals surface area contributed by atoms with Crippen LogP contribution >= 0.6 is 24.0 Å². The van der Waals surface area contributed by atoms with E-state index in [1.165, 1.54) is 12.8 Å². The molecule has 3 rings (SSSR count). The SMILES string of the molecule is CN=C(NCC1(OC)CCOCC1)N1CCC2(CCOC2)C1.I. The molecule has 3 aliphatic heterocycles. The molecular formula is C16H30IN3O3. The minimum absolute atomic E-state index is 0. The summed E-state index contributed by atoms with van der Waals surface area (Å²) in [4.78, 5) is 6.85. The Morgan fingerprint density at radius 2 is 1.91 bits per heavy atom. The normalized spacial score (nSPS) is 30.5. The summed E-state index contributed by atoms with van der Waals surface area (Å²) in [7, 11) is 3.67. The number of guanidine groups is 1. The third-order valence-corrected chi connectivity index (χ3v) is 5.54. The number of rotatable bonds is 3. The summed E-state index contributed by atoms with van der Waals surface area (Å²) in [6.45, 7) is 6.27. The molecule has 0 radical (unpaired) electrons. The number of halogens is 1. The molecule has 7 heteroatoms. The maximum Gasteiger partial charge on any atom is 0.193 e. The van der Waals surface area contributed by atoms with Gasteiger partial charge < -0.3 is 24.4 Å². The van der Waals surface area contributed by atoms with Crippen molar-refractivity contribution in [1.82, 2.24) is 10.2 Å². The van der Waals surface area contributed by atoms with Gasteiger partial charge >= 0.3 is 0 Å². The number of ether oxygens (including phenoxy) is 3. The molecule has 3 aliphatic rings. The van der Waals surface area contributed by atoms with E-state index in [1.807, 2.05) is 7.05 Å². The lowest BCUT2D eigenvalue weighted by Crippen LogP contribution is -2.51. The van der Waals surface area contributed by atoms with Crippen molar-refractivity contribution < 1.29 is 14.2 Å². The maximum absolute atomic E-state index is 5.79. The molecule has 0 aliphatic carbocycles. The van der Waals surface area contributed by atoms with E-state index in [9.17, 15) is 0 Å². The Morgan fingerprint density at radius 3 is 2.52 bits per heavy atom. The summed E-state index contributed by atoms with van der Waals surface area (Å²) in [6, 6.07) is 0. The fourth-order valence-electron chi connectivity index (χ4n) is 3.86. The lowest BCUT2D eigenvalue weighted by Gasteiger charge is -2.37. The number of hydrogen-bond donors (Lipinski definition) is 1. The molecule has 1 N–H and O–H groups in total. The van der Waals surface area contributed by atoms with Crippen molar-refractivity contribution in [2.24, 2.45) is 10.4 Å². The topological polar surface area (TPSA) is 55.3 Å². The molecule has 1 spiro atoms. The van der Waals surface area contributed by atoms with Gasteiger partial charge in [-0.2, -0.15) is 0 Å². The molecule has 3 saturated heterocycles. The molecule has 0 aromatic carbocycles. The van der Waals surface area contributed by atoms with E-state index in [1.54, 1.807) is 7.11 Å². The summed E-state index contributed by atoms with van der Waals surface area (Å²) in [5, 5.41) is 3.53. The van der Waals surface area contributed by atoms with Crippen LogP contribution in [0.15, 0.2) is 4.99 Å². The van der Waals surface area contributed by atoms with E-state index in [4.69, 9.17) is 14.2 Å².